The second kappa shape index (κ2) is 5.02. The van der Waals surface area contributed by atoms with Crippen LogP contribution in [0.3, 0.4) is 0 Å². The predicted molar refractivity (Wildman–Crippen MR) is 74.7 cm³/mol. The van der Waals surface area contributed by atoms with Gasteiger partial charge >= 0.3 is 0 Å². The Labute approximate surface area is 119 Å². The monoisotopic (exact) mass is 275 g/mol. The minimum Gasteiger partial charge on any atom is -0.508 e. The van der Waals surface area contributed by atoms with Crippen LogP contribution in [0.1, 0.15) is 17.5 Å². The molecule has 0 saturated carbocycles. The normalized spacial score (nSPS) is 33.1. The molecule has 3 aliphatic rings. The zero-order valence-electron chi connectivity index (χ0n) is 11.6. The van der Waals surface area contributed by atoms with Gasteiger partial charge in [-0.2, -0.15) is 0 Å². The second-order valence-corrected chi connectivity index (χ2v) is 6.27. The highest BCUT2D eigenvalue weighted by molar-refractivity contribution is 5.36. The molecular weight excluding hydrogens is 254 g/mol. The number of benzene rings is 1. The second-order valence-electron chi connectivity index (χ2n) is 6.27. The van der Waals surface area contributed by atoms with Crippen LogP contribution < -0.4 is 0 Å². The first-order valence-electron chi connectivity index (χ1n) is 7.54. The van der Waals surface area contributed by atoms with Crippen molar-refractivity contribution in [2.75, 3.05) is 26.3 Å². The van der Waals surface area contributed by atoms with Crippen molar-refractivity contribution in [2.24, 2.45) is 5.92 Å². The van der Waals surface area contributed by atoms with Crippen LogP contribution in [0, 0.1) is 5.92 Å². The van der Waals surface area contributed by atoms with E-state index in [4.69, 9.17) is 9.47 Å². The van der Waals surface area contributed by atoms with Crippen LogP contribution in [0.15, 0.2) is 18.2 Å². The van der Waals surface area contributed by atoms with Crippen molar-refractivity contribution in [2.45, 2.75) is 31.6 Å². The third kappa shape index (κ3) is 2.32. The van der Waals surface area contributed by atoms with Gasteiger partial charge in [0.25, 0.3) is 0 Å². The van der Waals surface area contributed by atoms with Gasteiger partial charge < -0.3 is 14.6 Å². The molecule has 3 heterocycles. The standard InChI is InChI=1S/C16H21NO3/c18-14-2-1-11-3-4-17(7-12(11)5-14)8-15-6-13-9-19-10-16(13)20-15/h1-2,5,13,15-16,18H,3-4,6-10H2. The van der Waals surface area contributed by atoms with E-state index in [1.165, 1.54) is 11.1 Å². The van der Waals surface area contributed by atoms with E-state index in [0.29, 0.717) is 23.9 Å². The van der Waals surface area contributed by atoms with E-state index in [1.807, 2.05) is 6.07 Å². The van der Waals surface area contributed by atoms with Gasteiger partial charge in [0, 0.05) is 25.6 Å². The van der Waals surface area contributed by atoms with Crippen molar-refractivity contribution < 1.29 is 14.6 Å². The first-order chi connectivity index (χ1) is 9.78. The average Bonchev–Trinajstić information content (AvgIpc) is 2.99. The lowest BCUT2D eigenvalue weighted by Gasteiger charge is -2.30. The molecule has 3 atom stereocenters. The van der Waals surface area contributed by atoms with Crippen molar-refractivity contribution in [3.05, 3.63) is 29.3 Å². The molecule has 0 radical (unpaired) electrons. The third-order valence-electron chi connectivity index (χ3n) is 4.82. The topological polar surface area (TPSA) is 41.9 Å². The molecule has 1 N–H and O–H groups in total. The van der Waals surface area contributed by atoms with Crippen LogP contribution in [-0.4, -0.2) is 48.5 Å². The fourth-order valence-electron chi connectivity index (χ4n) is 3.75. The lowest BCUT2D eigenvalue weighted by atomic mass is 9.98. The Balaban J connectivity index is 1.39. The molecule has 3 aliphatic heterocycles. The lowest BCUT2D eigenvalue weighted by Crippen LogP contribution is -2.37. The largest absolute Gasteiger partial charge is 0.508 e. The van der Waals surface area contributed by atoms with Gasteiger partial charge in [0.1, 0.15) is 5.75 Å². The molecule has 2 saturated heterocycles. The van der Waals surface area contributed by atoms with Crippen LogP contribution in [0.2, 0.25) is 0 Å². The molecule has 1 aromatic rings. The van der Waals surface area contributed by atoms with Crippen LogP contribution in [-0.2, 0) is 22.4 Å². The number of hydrogen-bond acceptors (Lipinski definition) is 4. The van der Waals surface area contributed by atoms with Crippen LogP contribution in [0.5, 0.6) is 5.75 Å². The van der Waals surface area contributed by atoms with E-state index in [-0.39, 0.29) is 0 Å². The van der Waals surface area contributed by atoms with Crippen LogP contribution in [0.4, 0.5) is 0 Å². The summed E-state index contributed by atoms with van der Waals surface area (Å²) in [5.74, 6) is 0.982. The Kier molecular flexibility index (Phi) is 3.17. The first-order valence-corrected chi connectivity index (χ1v) is 7.54. The van der Waals surface area contributed by atoms with Gasteiger partial charge in [-0.1, -0.05) is 6.07 Å². The SMILES string of the molecule is Oc1ccc2c(c1)CN(CC1CC3COCC3O1)CC2. The number of nitrogens with zero attached hydrogens (tertiary/aromatic N) is 1. The maximum atomic E-state index is 9.61. The van der Waals surface area contributed by atoms with E-state index in [2.05, 4.69) is 11.0 Å². The number of ether oxygens (including phenoxy) is 2. The molecule has 4 rings (SSSR count). The summed E-state index contributed by atoms with van der Waals surface area (Å²) in [5, 5.41) is 9.61. The predicted octanol–water partition coefficient (Wildman–Crippen LogP) is 1.55. The maximum Gasteiger partial charge on any atom is 0.115 e. The molecule has 108 valence electrons. The molecular formula is C16H21NO3. The average molecular weight is 275 g/mol. The Morgan fingerprint density at radius 3 is 3.10 bits per heavy atom. The summed E-state index contributed by atoms with van der Waals surface area (Å²) in [6.45, 7) is 4.66. The summed E-state index contributed by atoms with van der Waals surface area (Å²) in [5.41, 5.74) is 2.63. The first kappa shape index (κ1) is 12.6. The van der Waals surface area contributed by atoms with Crippen molar-refractivity contribution in [3.63, 3.8) is 0 Å². The van der Waals surface area contributed by atoms with Crippen molar-refractivity contribution in [1.29, 1.82) is 0 Å². The Morgan fingerprint density at radius 1 is 1.25 bits per heavy atom. The Morgan fingerprint density at radius 2 is 2.20 bits per heavy atom. The van der Waals surface area contributed by atoms with Gasteiger partial charge in [-0.05, 0) is 36.1 Å². The van der Waals surface area contributed by atoms with Gasteiger partial charge in [-0.15, -0.1) is 0 Å². The van der Waals surface area contributed by atoms with E-state index in [9.17, 15) is 5.11 Å². The summed E-state index contributed by atoms with van der Waals surface area (Å²) < 4.78 is 11.5. The molecule has 4 nitrogen and oxygen atoms in total. The fourth-order valence-corrected chi connectivity index (χ4v) is 3.75. The lowest BCUT2D eigenvalue weighted by molar-refractivity contribution is 0.00121. The zero-order valence-corrected chi connectivity index (χ0v) is 11.6. The number of phenols is 1. The van der Waals surface area contributed by atoms with Gasteiger partial charge in [-0.25, -0.2) is 0 Å². The molecule has 20 heavy (non-hydrogen) atoms. The highest BCUT2D eigenvalue weighted by Crippen LogP contribution is 2.32. The number of hydrogen-bond donors (Lipinski definition) is 1. The van der Waals surface area contributed by atoms with Gasteiger partial charge in [0.05, 0.1) is 25.4 Å². The number of phenolic OH excluding ortho intramolecular Hbond substituents is 1. The fraction of sp³-hybridized carbons (Fsp3) is 0.625. The number of fused-ring (bicyclic) bond motifs is 2. The summed E-state index contributed by atoms with van der Waals surface area (Å²) in [7, 11) is 0. The third-order valence-corrected chi connectivity index (χ3v) is 4.82. The minimum atomic E-state index is 0.334. The van der Waals surface area contributed by atoms with E-state index < -0.39 is 0 Å². The molecule has 2 fully saturated rings. The molecule has 0 aromatic heterocycles. The van der Waals surface area contributed by atoms with E-state index in [0.717, 1.165) is 45.7 Å². The van der Waals surface area contributed by atoms with Crippen LogP contribution in [0.25, 0.3) is 0 Å². The van der Waals surface area contributed by atoms with Crippen molar-refractivity contribution >= 4 is 0 Å². The number of aromatic hydroxyl groups is 1. The molecule has 0 aliphatic carbocycles. The minimum absolute atomic E-state index is 0.334. The summed E-state index contributed by atoms with van der Waals surface area (Å²) in [6, 6.07) is 5.74. The molecule has 0 amide bonds. The van der Waals surface area contributed by atoms with Gasteiger partial charge in [-0.3, -0.25) is 4.90 Å². The molecule has 3 unspecified atom stereocenters. The van der Waals surface area contributed by atoms with E-state index >= 15 is 0 Å². The summed E-state index contributed by atoms with van der Waals surface area (Å²) in [4.78, 5) is 2.45. The van der Waals surface area contributed by atoms with Crippen molar-refractivity contribution in [3.8, 4) is 5.75 Å². The van der Waals surface area contributed by atoms with Crippen LogP contribution >= 0.6 is 0 Å². The quantitative estimate of drug-likeness (QED) is 0.889. The van der Waals surface area contributed by atoms with E-state index in [1.54, 1.807) is 6.07 Å². The summed E-state index contributed by atoms with van der Waals surface area (Å²) in [6.07, 6.45) is 2.89. The highest BCUT2D eigenvalue weighted by atomic mass is 16.6. The molecule has 0 bridgehead atoms. The van der Waals surface area contributed by atoms with Gasteiger partial charge in [0.15, 0.2) is 0 Å². The van der Waals surface area contributed by atoms with Crippen molar-refractivity contribution in [1.82, 2.24) is 4.90 Å². The van der Waals surface area contributed by atoms with Gasteiger partial charge in [0.2, 0.25) is 0 Å². The zero-order chi connectivity index (χ0) is 13.5. The number of rotatable bonds is 2. The molecule has 0 spiro atoms. The maximum absolute atomic E-state index is 9.61. The Hall–Kier alpha value is -1.10. The summed E-state index contributed by atoms with van der Waals surface area (Å²) >= 11 is 0. The highest BCUT2D eigenvalue weighted by Gasteiger charge is 2.39. The smallest absolute Gasteiger partial charge is 0.115 e. The Bertz CT molecular complexity index is 492. The molecule has 1 aromatic carbocycles. The molecule has 4 heteroatoms.